The van der Waals surface area contributed by atoms with Crippen molar-refractivity contribution in [3.63, 3.8) is 0 Å². The van der Waals surface area contributed by atoms with Crippen LogP contribution in [0.15, 0.2) is 35.7 Å². The summed E-state index contributed by atoms with van der Waals surface area (Å²) < 4.78 is 11.0. The third-order valence-electron chi connectivity index (χ3n) is 3.34. The van der Waals surface area contributed by atoms with E-state index in [0.717, 1.165) is 16.3 Å². The van der Waals surface area contributed by atoms with Crippen LogP contribution in [-0.4, -0.2) is 25.2 Å². The first kappa shape index (κ1) is 14.7. The predicted molar refractivity (Wildman–Crippen MR) is 86.7 cm³/mol. The van der Waals surface area contributed by atoms with Crippen LogP contribution < -0.4 is 20.1 Å². The van der Waals surface area contributed by atoms with E-state index in [1.54, 1.807) is 11.3 Å². The molecule has 1 amide bonds. The molecule has 0 fully saturated rings. The molecule has 0 aliphatic carbocycles. The highest BCUT2D eigenvalue weighted by atomic mass is 32.1. The van der Waals surface area contributed by atoms with Crippen molar-refractivity contribution in [1.29, 1.82) is 0 Å². The molecule has 0 spiro atoms. The van der Waals surface area contributed by atoms with Gasteiger partial charge in [0.1, 0.15) is 19.3 Å². The maximum absolute atomic E-state index is 12.1. The summed E-state index contributed by atoms with van der Waals surface area (Å²) in [5, 5.41) is 8.10. The van der Waals surface area contributed by atoms with E-state index >= 15 is 0 Å². The molecule has 2 aromatic rings. The number of nitrogens with one attached hydrogen (secondary N) is 2. The lowest BCUT2D eigenvalue weighted by Crippen LogP contribution is -2.37. The van der Waals surface area contributed by atoms with Crippen LogP contribution in [0.3, 0.4) is 0 Å². The van der Waals surface area contributed by atoms with Crippen molar-refractivity contribution in [3.05, 3.63) is 40.6 Å². The van der Waals surface area contributed by atoms with Crippen LogP contribution in [0, 0.1) is 0 Å². The fourth-order valence-electron chi connectivity index (χ4n) is 2.19. The molecule has 116 valence electrons. The number of hydrogen-bond donors (Lipinski definition) is 2. The number of carbonyl (C=O) groups excluding carboxylic acids is 1. The molecular weight excluding hydrogens is 300 g/mol. The van der Waals surface area contributed by atoms with Crippen LogP contribution in [0.4, 0.5) is 5.69 Å². The van der Waals surface area contributed by atoms with Gasteiger partial charge in [0.15, 0.2) is 11.5 Å². The SMILES string of the molecule is C[C@H](Nc1ccc2c(c1)OCCO2)C(=O)NCc1cccs1. The van der Waals surface area contributed by atoms with Gasteiger partial charge in [-0.25, -0.2) is 0 Å². The van der Waals surface area contributed by atoms with Gasteiger partial charge in [0.25, 0.3) is 0 Å². The Hall–Kier alpha value is -2.21. The number of thiophene rings is 1. The molecule has 0 saturated heterocycles. The highest BCUT2D eigenvalue weighted by Gasteiger charge is 2.15. The van der Waals surface area contributed by atoms with Crippen LogP contribution in [0.25, 0.3) is 0 Å². The van der Waals surface area contributed by atoms with Gasteiger partial charge in [-0.1, -0.05) is 6.07 Å². The van der Waals surface area contributed by atoms with E-state index in [-0.39, 0.29) is 11.9 Å². The maximum atomic E-state index is 12.1. The van der Waals surface area contributed by atoms with Crippen LogP contribution in [0.1, 0.15) is 11.8 Å². The van der Waals surface area contributed by atoms with E-state index in [1.807, 2.05) is 42.6 Å². The van der Waals surface area contributed by atoms with Gasteiger partial charge in [0, 0.05) is 16.6 Å². The molecule has 0 bridgehead atoms. The van der Waals surface area contributed by atoms with Crippen molar-refractivity contribution in [2.75, 3.05) is 18.5 Å². The summed E-state index contributed by atoms with van der Waals surface area (Å²) >= 11 is 1.63. The lowest BCUT2D eigenvalue weighted by atomic mass is 10.2. The monoisotopic (exact) mass is 318 g/mol. The summed E-state index contributed by atoms with van der Waals surface area (Å²) in [6.45, 7) is 3.51. The fraction of sp³-hybridized carbons (Fsp3) is 0.312. The lowest BCUT2D eigenvalue weighted by Gasteiger charge is -2.20. The Morgan fingerprint density at radius 1 is 1.27 bits per heavy atom. The van der Waals surface area contributed by atoms with Crippen LogP contribution in [0.5, 0.6) is 11.5 Å². The minimum absolute atomic E-state index is 0.0386. The van der Waals surface area contributed by atoms with Gasteiger partial charge in [-0.05, 0) is 30.5 Å². The molecule has 1 atom stereocenters. The molecule has 0 unspecified atom stereocenters. The second-order valence-electron chi connectivity index (χ2n) is 5.02. The molecule has 3 rings (SSSR count). The van der Waals surface area contributed by atoms with E-state index in [2.05, 4.69) is 10.6 Å². The Morgan fingerprint density at radius 3 is 2.86 bits per heavy atom. The standard InChI is InChI=1S/C16H18N2O3S/c1-11(16(19)17-10-13-3-2-8-22-13)18-12-4-5-14-15(9-12)21-7-6-20-14/h2-5,8-9,11,18H,6-7,10H2,1H3,(H,17,19)/t11-/m0/s1. The van der Waals surface area contributed by atoms with Crippen molar-refractivity contribution in [2.45, 2.75) is 19.5 Å². The average Bonchev–Trinajstić information content (AvgIpc) is 3.06. The lowest BCUT2D eigenvalue weighted by molar-refractivity contribution is -0.121. The highest BCUT2D eigenvalue weighted by Crippen LogP contribution is 2.32. The van der Waals surface area contributed by atoms with E-state index in [4.69, 9.17) is 9.47 Å². The molecule has 6 heteroatoms. The van der Waals surface area contributed by atoms with Gasteiger partial charge >= 0.3 is 0 Å². The second-order valence-corrected chi connectivity index (χ2v) is 6.05. The zero-order valence-corrected chi connectivity index (χ0v) is 13.1. The van der Waals surface area contributed by atoms with Crippen molar-refractivity contribution in [1.82, 2.24) is 5.32 Å². The third-order valence-corrected chi connectivity index (χ3v) is 4.21. The first-order chi connectivity index (χ1) is 10.7. The molecule has 1 aliphatic heterocycles. The third kappa shape index (κ3) is 3.51. The molecule has 0 radical (unpaired) electrons. The molecule has 1 aliphatic rings. The smallest absolute Gasteiger partial charge is 0.242 e. The molecule has 2 N–H and O–H groups in total. The Labute approximate surface area is 133 Å². The van der Waals surface area contributed by atoms with Gasteiger partial charge < -0.3 is 20.1 Å². The Bertz CT molecular complexity index is 643. The number of carbonyl (C=O) groups is 1. The summed E-state index contributed by atoms with van der Waals surface area (Å²) in [6, 6.07) is 9.25. The number of benzene rings is 1. The highest BCUT2D eigenvalue weighted by molar-refractivity contribution is 7.09. The minimum Gasteiger partial charge on any atom is -0.486 e. The van der Waals surface area contributed by atoms with Crippen molar-refractivity contribution in [2.24, 2.45) is 0 Å². The van der Waals surface area contributed by atoms with Crippen molar-refractivity contribution in [3.8, 4) is 11.5 Å². The number of fused-ring (bicyclic) bond motifs is 1. The number of rotatable bonds is 5. The molecule has 2 heterocycles. The van der Waals surface area contributed by atoms with Gasteiger partial charge in [-0.15, -0.1) is 11.3 Å². The van der Waals surface area contributed by atoms with Gasteiger partial charge in [-0.3, -0.25) is 4.79 Å². The van der Waals surface area contributed by atoms with Crippen LogP contribution >= 0.6 is 11.3 Å². The Kier molecular flexibility index (Phi) is 4.48. The number of amides is 1. The first-order valence-corrected chi connectivity index (χ1v) is 8.06. The summed E-state index contributed by atoms with van der Waals surface area (Å²) in [5.41, 5.74) is 0.836. The van der Waals surface area contributed by atoms with E-state index in [1.165, 1.54) is 0 Å². The van der Waals surface area contributed by atoms with Crippen molar-refractivity contribution < 1.29 is 14.3 Å². The molecule has 22 heavy (non-hydrogen) atoms. The largest absolute Gasteiger partial charge is 0.486 e. The van der Waals surface area contributed by atoms with E-state index < -0.39 is 0 Å². The van der Waals surface area contributed by atoms with Crippen molar-refractivity contribution >= 4 is 22.9 Å². The van der Waals surface area contributed by atoms with E-state index in [9.17, 15) is 4.79 Å². The zero-order valence-electron chi connectivity index (χ0n) is 12.3. The Balaban J connectivity index is 1.56. The summed E-state index contributed by atoms with van der Waals surface area (Å²) in [6.07, 6.45) is 0. The summed E-state index contributed by atoms with van der Waals surface area (Å²) in [7, 11) is 0. The zero-order chi connectivity index (χ0) is 15.4. The normalized spacial score (nSPS) is 14.2. The van der Waals surface area contributed by atoms with Gasteiger partial charge in [0.05, 0.1) is 6.54 Å². The molecular formula is C16H18N2O3S. The molecule has 5 nitrogen and oxygen atoms in total. The number of hydrogen-bond acceptors (Lipinski definition) is 5. The quantitative estimate of drug-likeness (QED) is 0.890. The molecule has 1 aromatic carbocycles. The maximum Gasteiger partial charge on any atom is 0.242 e. The second kappa shape index (κ2) is 6.70. The fourth-order valence-corrected chi connectivity index (χ4v) is 2.83. The van der Waals surface area contributed by atoms with Crippen LogP contribution in [-0.2, 0) is 11.3 Å². The minimum atomic E-state index is -0.331. The molecule has 1 aromatic heterocycles. The first-order valence-electron chi connectivity index (χ1n) is 7.18. The number of anilines is 1. The summed E-state index contributed by atoms with van der Waals surface area (Å²) in [5.74, 6) is 1.41. The number of ether oxygens (including phenoxy) is 2. The van der Waals surface area contributed by atoms with Gasteiger partial charge in [-0.2, -0.15) is 0 Å². The van der Waals surface area contributed by atoms with Crippen LogP contribution in [0.2, 0.25) is 0 Å². The molecule has 0 saturated carbocycles. The van der Waals surface area contributed by atoms with E-state index in [0.29, 0.717) is 25.5 Å². The van der Waals surface area contributed by atoms with Gasteiger partial charge in [0.2, 0.25) is 5.91 Å². The predicted octanol–water partition coefficient (Wildman–Crippen LogP) is 2.64. The Morgan fingerprint density at radius 2 is 2.09 bits per heavy atom. The summed E-state index contributed by atoms with van der Waals surface area (Å²) in [4.78, 5) is 13.2. The topological polar surface area (TPSA) is 59.6 Å². The average molecular weight is 318 g/mol.